The van der Waals surface area contributed by atoms with Gasteiger partial charge in [-0.1, -0.05) is 6.07 Å². The van der Waals surface area contributed by atoms with Gasteiger partial charge in [-0.3, -0.25) is 0 Å². The molecule has 1 aliphatic rings. The van der Waals surface area contributed by atoms with Gasteiger partial charge in [0.15, 0.2) is 0 Å². The molecule has 2 aromatic rings. The molecule has 1 atom stereocenters. The zero-order valence-electron chi connectivity index (χ0n) is 11.0. The lowest BCUT2D eigenvalue weighted by Crippen LogP contribution is -2.00. The highest BCUT2D eigenvalue weighted by atomic mass is 19.1. The number of aliphatic hydroxyl groups is 1. The summed E-state index contributed by atoms with van der Waals surface area (Å²) in [5.41, 5.74) is 1.86. The minimum absolute atomic E-state index is 0.0629. The smallest absolute Gasteiger partial charge is 0.140 e. The maximum atomic E-state index is 13.3. The summed E-state index contributed by atoms with van der Waals surface area (Å²) in [6.45, 7) is 0.562. The average molecular weight is 270 g/mol. The standard InChI is InChI=1S/C16H15FN2O/c17-15-4-1-11(7-14(15)8-18)9-19-6-5-13(10-19)16(20)12-2-3-12/h1,4-7,10,12,16,20H,2-3,9H2. The van der Waals surface area contributed by atoms with Crippen molar-refractivity contribution in [1.82, 2.24) is 4.57 Å². The fourth-order valence-electron chi connectivity index (χ4n) is 2.38. The van der Waals surface area contributed by atoms with E-state index in [0.717, 1.165) is 24.0 Å². The number of nitriles is 1. The molecule has 0 saturated heterocycles. The second-order valence-corrected chi connectivity index (χ2v) is 5.33. The van der Waals surface area contributed by atoms with Crippen molar-refractivity contribution in [3.63, 3.8) is 0 Å². The number of hydrogen-bond acceptors (Lipinski definition) is 2. The summed E-state index contributed by atoms with van der Waals surface area (Å²) in [6.07, 6.45) is 5.62. The number of hydrogen-bond donors (Lipinski definition) is 1. The predicted octanol–water partition coefficient (Wildman–Crippen LogP) is 2.99. The maximum Gasteiger partial charge on any atom is 0.140 e. The van der Waals surface area contributed by atoms with E-state index in [2.05, 4.69) is 0 Å². The zero-order chi connectivity index (χ0) is 14.1. The Morgan fingerprint density at radius 3 is 2.90 bits per heavy atom. The number of rotatable bonds is 4. The summed E-state index contributed by atoms with van der Waals surface area (Å²) in [6, 6.07) is 8.31. The molecule has 3 rings (SSSR count). The first-order chi connectivity index (χ1) is 9.67. The molecule has 0 spiro atoms. The van der Waals surface area contributed by atoms with Gasteiger partial charge in [0, 0.05) is 18.9 Å². The summed E-state index contributed by atoms with van der Waals surface area (Å²) in [7, 11) is 0. The summed E-state index contributed by atoms with van der Waals surface area (Å²) in [5.74, 6) is -0.0875. The van der Waals surface area contributed by atoms with Gasteiger partial charge in [0.05, 0.1) is 11.7 Å². The van der Waals surface area contributed by atoms with Crippen LogP contribution in [-0.4, -0.2) is 9.67 Å². The van der Waals surface area contributed by atoms with Crippen LogP contribution >= 0.6 is 0 Å². The van der Waals surface area contributed by atoms with E-state index < -0.39 is 5.82 Å². The molecular weight excluding hydrogens is 255 g/mol. The third kappa shape index (κ3) is 2.59. The van der Waals surface area contributed by atoms with Gasteiger partial charge < -0.3 is 9.67 Å². The van der Waals surface area contributed by atoms with E-state index >= 15 is 0 Å². The van der Waals surface area contributed by atoms with E-state index in [1.54, 1.807) is 12.1 Å². The molecule has 4 heteroatoms. The predicted molar refractivity (Wildman–Crippen MR) is 72.3 cm³/mol. The van der Waals surface area contributed by atoms with E-state index in [4.69, 9.17) is 5.26 Å². The second-order valence-electron chi connectivity index (χ2n) is 5.33. The Hall–Kier alpha value is -2.12. The van der Waals surface area contributed by atoms with Gasteiger partial charge >= 0.3 is 0 Å². The van der Waals surface area contributed by atoms with Crippen molar-refractivity contribution >= 4 is 0 Å². The van der Waals surface area contributed by atoms with Crippen molar-refractivity contribution in [3.8, 4) is 6.07 Å². The first-order valence-corrected chi connectivity index (χ1v) is 6.69. The van der Waals surface area contributed by atoms with Crippen molar-refractivity contribution in [2.75, 3.05) is 0 Å². The summed E-state index contributed by atoms with van der Waals surface area (Å²) < 4.78 is 15.2. The molecule has 0 radical (unpaired) electrons. The highest BCUT2D eigenvalue weighted by molar-refractivity contribution is 5.34. The quantitative estimate of drug-likeness (QED) is 0.928. The van der Waals surface area contributed by atoms with E-state index in [-0.39, 0.29) is 11.7 Å². The monoisotopic (exact) mass is 270 g/mol. The van der Waals surface area contributed by atoms with Crippen LogP contribution in [0.5, 0.6) is 0 Å². The SMILES string of the molecule is N#Cc1cc(Cn2ccc(C(O)C3CC3)c2)ccc1F. The van der Waals surface area contributed by atoms with Crippen molar-refractivity contribution in [1.29, 1.82) is 5.26 Å². The molecule has 1 aliphatic carbocycles. The molecule has 1 N–H and O–H groups in total. The lowest BCUT2D eigenvalue weighted by molar-refractivity contribution is 0.154. The van der Waals surface area contributed by atoms with Gasteiger partial charge in [-0.25, -0.2) is 4.39 Å². The van der Waals surface area contributed by atoms with Gasteiger partial charge in [0.1, 0.15) is 11.9 Å². The van der Waals surface area contributed by atoms with Crippen molar-refractivity contribution < 1.29 is 9.50 Å². The highest BCUT2D eigenvalue weighted by Crippen LogP contribution is 2.40. The normalized spacial score (nSPS) is 15.8. The molecule has 1 saturated carbocycles. The molecule has 1 fully saturated rings. The van der Waals surface area contributed by atoms with E-state index in [1.165, 1.54) is 6.07 Å². The second kappa shape index (κ2) is 5.10. The van der Waals surface area contributed by atoms with Gasteiger partial charge in [-0.2, -0.15) is 5.26 Å². The van der Waals surface area contributed by atoms with Gasteiger partial charge in [-0.05, 0) is 48.1 Å². The molecule has 3 nitrogen and oxygen atoms in total. The fraction of sp³-hybridized carbons (Fsp3) is 0.312. The van der Waals surface area contributed by atoms with Crippen LogP contribution in [0, 0.1) is 23.1 Å². The Labute approximate surface area is 116 Å². The third-order valence-electron chi connectivity index (χ3n) is 3.70. The Morgan fingerprint density at radius 2 is 2.20 bits per heavy atom. The van der Waals surface area contributed by atoms with Crippen LogP contribution in [0.2, 0.25) is 0 Å². The first kappa shape index (κ1) is 12.9. The van der Waals surface area contributed by atoms with Crippen LogP contribution in [0.1, 0.15) is 35.6 Å². The van der Waals surface area contributed by atoms with Crippen molar-refractivity contribution in [2.45, 2.75) is 25.5 Å². The van der Waals surface area contributed by atoms with Crippen LogP contribution in [-0.2, 0) is 6.54 Å². The Kier molecular flexibility index (Phi) is 3.29. The van der Waals surface area contributed by atoms with Crippen LogP contribution in [0.25, 0.3) is 0 Å². The molecule has 102 valence electrons. The lowest BCUT2D eigenvalue weighted by atomic mass is 10.1. The van der Waals surface area contributed by atoms with Gasteiger partial charge in [0.25, 0.3) is 0 Å². The number of benzene rings is 1. The molecular formula is C16H15FN2O. The van der Waals surface area contributed by atoms with Gasteiger partial charge in [0.2, 0.25) is 0 Å². The Bertz CT molecular complexity index is 667. The molecule has 0 amide bonds. The summed E-state index contributed by atoms with van der Waals surface area (Å²) >= 11 is 0. The number of aromatic nitrogens is 1. The molecule has 1 heterocycles. The fourth-order valence-corrected chi connectivity index (χ4v) is 2.38. The average Bonchev–Trinajstić information content (AvgIpc) is 3.20. The lowest BCUT2D eigenvalue weighted by Gasteiger charge is -2.07. The number of nitrogens with zero attached hydrogens (tertiary/aromatic N) is 2. The van der Waals surface area contributed by atoms with E-state index in [9.17, 15) is 9.50 Å². The third-order valence-corrected chi connectivity index (χ3v) is 3.70. The molecule has 1 aromatic heterocycles. The highest BCUT2D eigenvalue weighted by Gasteiger charge is 2.31. The maximum absolute atomic E-state index is 13.3. The minimum atomic E-state index is -0.492. The molecule has 0 bridgehead atoms. The minimum Gasteiger partial charge on any atom is -0.388 e. The van der Waals surface area contributed by atoms with Gasteiger partial charge in [-0.15, -0.1) is 0 Å². The summed E-state index contributed by atoms with van der Waals surface area (Å²) in [5, 5.41) is 18.9. The number of aliphatic hydroxyl groups excluding tert-OH is 1. The van der Waals surface area contributed by atoms with Crippen LogP contribution in [0.4, 0.5) is 4.39 Å². The molecule has 1 aromatic carbocycles. The number of halogens is 1. The van der Waals surface area contributed by atoms with E-state index in [1.807, 2.05) is 29.1 Å². The first-order valence-electron chi connectivity index (χ1n) is 6.69. The van der Waals surface area contributed by atoms with Crippen molar-refractivity contribution in [3.05, 3.63) is 59.2 Å². The Morgan fingerprint density at radius 1 is 1.40 bits per heavy atom. The van der Waals surface area contributed by atoms with Crippen LogP contribution < -0.4 is 0 Å². The van der Waals surface area contributed by atoms with Crippen LogP contribution in [0.15, 0.2) is 36.7 Å². The topological polar surface area (TPSA) is 49.0 Å². The zero-order valence-corrected chi connectivity index (χ0v) is 11.0. The summed E-state index contributed by atoms with van der Waals surface area (Å²) in [4.78, 5) is 0. The van der Waals surface area contributed by atoms with Crippen LogP contribution in [0.3, 0.4) is 0 Å². The molecule has 20 heavy (non-hydrogen) atoms. The molecule has 0 aliphatic heterocycles. The largest absolute Gasteiger partial charge is 0.388 e. The van der Waals surface area contributed by atoms with E-state index in [0.29, 0.717) is 12.5 Å². The Balaban J connectivity index is 1.76. The molecule has 1 unspecified atom stereocenters. The van der Waals surface area contributed by atoms with Crippen molar-refractivity contribution in [2.24, 2.45) is 5.92 Å².